The number of methoxy groups -OCH3 is 4. The first-order chi connectivity index (χ1) is 13.0. The Morgan fingerprint density at radius 1 is 1.00 bits per heavy atom. The average Bonchev–Trinajstić information content (AvgIpc) is 3.02. The molecule has 142 valence electrons. The number of halogens is 1. The first-order valence-electron chi connectivity index (χ1n) is 7.97. The first kappa shape index (κ1) is 19.2. The van der Waals surface area contributed by atoms with Crippen molar-refractivity contribution in [2.24, 2.45) is 0 Å². The van der Waals surface area contributed by atoms with Crippen LogP contribution in [0.3, 0.4) is 0 Å². The third-order valence-corrected chi connectivity index (χ3v) is 5.14. The molecule has 0 radical (unpaired) electrons. The summed E-state index contributed by atoms with van der Waals surface area (Å²) in [6.45, 7) is 0.227. The molecule has 1 aromatic heterocycles. The summed E-state index contributed by atoms with van der Waals surface area (Å²) < 4.78 is 23.0. The third-order valence-electron chi connectivity index (χ3n) is 4.34. The van der Waals surface area contributed by atoms with Gasteiger partial charge in [0.2, 0.25) is 0 Å². The van der Waals surface area contributed by atoms with E-state index in [9.17, 15) is 9.59 Å². The molecule has 0 fully saturated rings. The van der Waals surface area contributed by atoms with Crippen molar-refractivity contribution >= 4 is 49.7 Å². The highest BCUT2D eigenvalue weighted by atomic mass is 79.9. The van der Waals surface area contributed by atoms with Gasteiger partial charge < -0.3 is 23.5 Å². The number of carbonyl (C=O) groups is 2. The van der Waals surface area contributed by atoms with Gasteiger partial charge in [0.05, 0.1) is 37.9 Å². The molecule has 8 heteroatoms. The van der Waals surface area contributed by atoms with Crippen molar-refractivity contribution in [2.45, 2.75) is 6.73 Å². The number of aromatic nitrogens is 1. The number of carbonyl (C=O) groups excluding carboxylic acids is 2. The highest BCUT2D eigenvalue weighted by Crippen LogP contribution is 2.44. The average molecular weight is 436 g/mol. The van der Waals surface area contributed by atoms with Crippen LogP contribution in [0.25, 0.3) is 21.8 Å². The Kier molecular flexibility index (Phi) is 5.38. The number of ether oxygens (including phenoxy) is 4. The van der Waals surface area contributed by atoms with Crippen LogP contribution in [0.1, 0.15) is 20.7 Å². The minimum Gasteiger partial charge on any atom is -0.494 e. The number of para-hydroxylation sites is 1. The van der Waals surface area contributed by atoms with Gasteiger partial charge in [0.25, 0.3) is 0 Å². The summed E-state index contributed by atoms with van der Waals surface area (Å²) in [5.74, 6) is -1.16. The molecule has 0 aliphatic carbocycles. The minimum absolute atomic E-state index is 0.00798. The molecule has 2 aromatic carbocycles. The molecule has 0 N–H and O–H groups in total. The number of hydrogen-bond acceptors (Lipinski definition) is 6. The molecule has 0 spiro atoms. The zero-order chi connectivity index (χ0) is 19.7. The second-order valence-corrected chi connectivity index (χ2v) is 6.46. The smallest absolute Gasteiger partial charge is 0.342 e. The predicted octanol–water partition coefficient (Wildman–Crippen LogP) is 3.74. The van der Waals surface area contributed by atoms with E-state index in [0.29, 0.717) is 15.4 Å². The van der Waals surface area contributed by atoms with Crippen LogP contribution in [0.4, 0.5) is 0 Å². The number of esters is 2. The van der Waals surface area contributed by atoms with Gasteiger partial charge in [-0.25, -0.2) is 9.59 Å². The largest absolute Gasteiger partial charge is 0.494 e. The van der Waals surface area contributed by atoms with Crippen molar-refractivity contribution < 1.29 is 28.5 Å². The van der Waals surface area contributed by atoms with Crippen molar-refractivity contribution in [3.05, 3.63) is 39.9 Å². The van der Waals surface area contributed by atoms with Gasteiger partial charge in [-0.3, -0.25) is 0 Å². The zero-order valence-corrected chi connectivity index (χ0v) is 16.9. The van der Waals surface area contributed by atoms with Gasteiger partial charge in [-0.15, -0.1) is 0 Å². The van der Waals surface area contributed by atoms with Gasteiger partial charge in [0.15, 0.2) is 5.75 Å². The van der Waals surface area contributed by atoms with Crippen molar-refractivity contribution in [3.8, 4) is 5.75 Å². The lowest BCUT2D eigenvalue weighted by atomic mass is 10.0. The van der Waals surface area contributed by atoms with Crippen LogP contribution in [0.2, 0.25) is 0 Å². The van der Waals surface area contributed by atoms with Gasteiger partial charge in [-0.1, -0.05) is 18.2 Å². The normalized spacial score (nSPS) is 11.0. The Hall–Kier alpha value is -2.58. The van der Waals surface area contributed by atoms with Crippen molar-refractivity contribution in [3.63, 3.8) is 0 Å². The second-order valence-electron chi connectivity index (χ2n) is 5.67. The van der Waals surface area contributed by atoms with E-state index in [-0.39, 0.29) is 23.6 Å². The molecule has 27 heavy (non-hydrogen) atoms. The van der Waals surface area contributed by atoms with Crippen molar-refractivity contribution in [2.75, 3.05) is 28.4 Å². The monoisotopic (exact) mass is 435 g/mol. The fourth-order valence-electron chi connectivity index (χ4n) is 3.28. The molecule has 7 nitrogen and oxygen atoms in total. The lowest BCUT2D eigenvalue weighted by molar-refractivity contribution is 0.0551. The molecule has 0 unspecified atom stereocenters. The summed E-state index contributed by atoms with van der Waals surface area (Å²) in [4.78, 5) is 25.1. The molecule has 0 aliphatic heterocycles. The van der Waals surface area contributed by atoms with Crippen LogP contribution in [0, 0.1) is 0 Å². The molecule has 3 rings (SSSR count). The summed E-state index contributed by atoms with van der Waals surface area (Å²) >= 11 is 3.50. The molecule has 0 saturated heterocycles. The zero-order valence-electron chi connectivity index (χ0n) is 15.3. The van der Waals surface area contributed by atoms with Gasteiger partial charge in [-0.05, 0) is 22.0 Å². The Morgan fingerprint density at radius 3 is 2.22 bits per heavy atom. The molecule has 1 heterocycles. The lowest BCUT2D eigenvalue weighted by Crippen LogP contribution is -2.15. The van der Waals surface area contributed by atoms with E-state index in [1.807, 2.05) is 28.8 Å². The summed E-state index contributed by atoms with van der Waals surface area (Å²) in [6, 6.07) is 7.64. The van der Waals surface area contributed by atoms with Gasteiger partial charge >= 0.3 is 11.9 Å². The third kappa shape index (κ3) is 2.85. The van der Waals surface area contributed by atoms with Gasteiger partial charge in [-0.2, -0.15) is 0 Å². The van der Waals surface area contributed by atoms with Crippen molar-refractivity contribution in [1.82, 2.24) is 4.57 Å². The maximum atomic E-state index is 12.5. The Bertz CT molecular complexity index is 1060. The quantitative estimate of drug-likeness (QED) is 0.568. The Labute approximate surface area is 163 Å². The van der Waals surface area contributed by atoms with Crippen LogP contribution in [-0.4, -0.2) is 44.9 Å². The van der Waals surface area contributed by atoms with Crippen LogP contribution < -0.4 is 4.74 Å². The van der Waals surface area contributed by atoms with E-state index >= 15 is 0 Å². The Balaban J connectivity index is 2.65. The topological polar surface area (TPSA) is 76.0 Å². The van der Waals surface area contributed by atoms with Crippen LogP contribution >= 0.6 is 15.9 Å². The maximum absolute atomic E-state index is 12.5. The molecular weight excluding hydrogens is 418 g/mol. The predicted molar refractivity (Wildman–Crippen MR) is 103 cm³/mol. The van der Waals surface area contributed by atoms with E-state index in [2.05, 4.69) is 15.9 Å². The molecule has 0 aliphatic rings. The first-order valence-corrected chi connectivity index (χ1v) is 8.77. The summed E-state index contributed by atoms with van der Waals surface area (Å²) in [6.07, 6.45) is 0. The molecule has 3 aromatic rings. The summed E-state index contributed by atoms with van der Waals surface area (Å²) in [7, 11) is 5.50. The summed E-state index contributed by atoms with van der Waals surface area (Å²) in [5, 5.41) is 1.59. The van der Waals surface area contributed by atoms with Crippen LogP contribution in [0.5, 0.6) is 5.75 Å². The SMILES string of the molecule is COCn1c2ccccc2c2c(Br)c(C(=O)OC)c(C(=O)OC)c(OC)c21. The Morgan fingerprint density at radius 2 is 1.63 bits per heavy atom. The highest BCUT2D eigenvalue weighted by Gasteiger charge is 2.32. The van der Waals surface area contributed by atoms with Crippen LogP contribution in [0.15, 0.2) is 28.7 Å². The summed E-state index contributed by atoms with van der Waals surface area (Å²) in [5.41, 5.74) is 1.52. The molecule has 0 amide bonds. The number of benzene rings is 2. The van der Waals surface area contributed by atoms with E-state index in [0.717, 1.165) is 10.9 Å². The fraction of sp³-hybridized carbons (Fsp3) is 0.263. The van der Waals surface area contributed by atoms with Crippen molar-refractivity contribution in [1.29, 1.82) is 0 Å². The van der Waals surface area contributed by atoms with Gasteiger partial charge in [0, 0.05) is 22.4 Å². The molecule has 0 bridgehead atoms. The number of hydrogen-bond donors (Lipinski definition) is 0. The minimum atomic E-state index is -0.705. The van der Waals surface area contributed by atoms with E-state index in [4.69, 9.17) is 18.9 Å². The maximum Gasteiger partial charge on any atom is 0.342 e. The van der Waals surface area contributed by atoms with Crippen LogP contribution in [-0.2, 0) is 20.9 Å². The van der Waals surface area contributed by atoms with E-state index in [1.54, 1.807) is 7.11 Å². The second kappa shape index (κ2) is 7.58. The standard InChI is InChI=1S/C19H18BrNO6/c1-24-9-21-11-8-6-5-7-10(11)12-15(20)13(18(22)26-3)14(19(23)27-4)17(25-2)16(12)21/h5-8H,9H2,1-4H3. The van der Waals surface area contributed by atoms with Gasteiger partial charge in [0.1, 0.15) is 12.3 Å². The number of fused-ring (bicyclic) bond motifs is 3. The van der Waals surface area contributed by atoms with E-state index < -0.39 is 11.9 Å². The lowest BCUT2D eigenvalue weighted by Gasteiger charge is -2.16. The molecular formula is C19H18BrNO6. The highest BCUT2D eigenvalue weighted by molar-refractivity contribution is 9.10. The van der Waals surface area contributed by atoms with E-state index in [1.165, 1.54) is 21.3 Å². The molecule has 0 atom stereocenters. The number of rotatable bonds is 5. The molecule has 0 saturated carbocycles. The fourth-order valence-corrected chi connectivity index (χ4v) is 4.04. The number of nitrogens with zero attached hydrogens (tertiary/aromatic N) is 1.